The Kier molecular flexibility index (Phi) is 6.14. The number of carbonyl (C=O) groups is 1. The van der Waals surface area contributed by atoms with Gasteiger partial charge in [0.1, 0.15) is 0 Å². The van der Waals surface area contributed by atoms with E-state index in [-0.39, 0.29) is 31.3 Å². The van der Waals surface area contributed by atoms with Crippen LogP contribution in [0.15, 0.2) is 48.7 Å². The van der Waals surface area contributed by atoms with Crippen molar-refractivity contribution in [3.8, 4) is 5.69 Å². The van der Waals surface area contributed by atoms with Gasteiger partial charge < -0.3 is 16.2 Å². The summed E-state index contributed by atoms with van der Waals surface area (Å²) < 4.78 is 1.84. The molecule has 7 heteroatoms. The molecular weight excluding hydrogens is 340 g/mol. The van der Waals surface area contributed by atoms with Gasteiger partial charge in [0.25, 0.3) is 0 Å². The number of amides is 1. The molecule has 0 spiro atoms. The number of benzene rings is 2. The van der Waals surface area contributed by atoms with E-state index in [1.165, 1.54) is 0 Å². The molecule has 2 aromatic carbocycles. The maximum atomic E-state index is 12.0. The van der Waals surface area contributed by atoms with E-state index in [1.807, 2.05) is 48.0 Å². The average Bonchev–Trinajstić information content (AvgIpc) is 2.98. The van der Waals surface area contributed by atoms with Crippen molar-refractivity contribution in [2.45, 2.75) is 19.4 Å². The first-order chi connectivity index (χ1) is 11.6. The normalized spacial score (nSPS) is 11.8. The smallest absolute Gasteiger partial charge is 0.241 e. The molecule has 0 radical (unpaired) electrons. The van der Waals surface area contributed by atoms with Crippen molar-refractivity contribution < 1.29 is 9.90 Å². The molecule has 0 saturated carbocycles. The lowest BCUT2D eigenvalue weighted by Gasteiger charge is -2.11. The summed E-state index contributed by atoms with van der Waals surface area (Å²) in [5.74, 6) is -0.315. The molecule has 1 atom stereocenters. The zero-order chi connectivity index (χ0) is 17.1. The first kappa shape index (κ1) is 18.9. The number of aryl methyl sites for hydroxylation is 1. The Morgan fingerprint density at radius 3 is 2.84 bits per heavy atom. The number of aliphatic hydroxyl groups is 1. The largest absolute Gasteiger partial charge is 0.396 e. The zero-order valence-corrected chi connectivity index (χ0v) is 14.7. The van der Waals surface area contributed by atoms with Crippen LogP contribution in [0.25, 0.3) is 16.6 Å². The Labute approximate surface area is 152 Å². The molecule has 6 nitrogen and oxygen atoms in total. The summed E-state index contributed by atoms with van der Waals surface area (Å²) >= 11 is 0. The third kappa shape index (κ3) is 4.17. The van der Waals surface area contributed by atoms with Gasteiger partial charge in [-0.05, 0) is 49.2 Å². The van der Waals surface area contributed by atoms with Gasteiger partial charge in [-0.2, -0.15) is 5.10 Å². The molecule has 3 rings (SSSR count). The first-order valence-electron chi connectivity index (χ1n) is 7.80. The highest BCUT2D eigenvalue weighted by Crippen LogP contribution is 2.22. The molecule has 132 valence electrons. The Balaban J connectivity index is 0.00000225. The van der Waals surface area contributed by atoms with E-state index in [0.29, 0.717) is 5.69 Å². The number of nitrogens with zero attached hydrogens (tertiary/aromatic N) is 2. The van der Waals surface area contributed by atoms with E-state index in [1.54, 1.807) is 6.20 Å². The van der Waals surface area contributed by atoms with Crippen molar-refractivity contribution in [1.29, 1.82) is 0 Å². The number of hydrogen-bond acceptors (Lipinski definition) is 4. The minimum Gasteiger partial charge on any atom is -0.396 e. The van der Waals surface area contributed by atoms with Gasteiger partial charge in [0, 0.05) is 17.7 Å². The standard InChI is InChI=1S/C18H20N4O2.ClH/c1-12-3-2-4-15(9-12)22-17-10-14(6-5-13(17)11-20-22)21-18(24)16(19)7-8-23;/h2-6,9-11,16,23H,7-8,19H2,1H3,(H,21,24);1H/t16-;/m0./s1. The maximum absolute atomic E-state index is 12.0. The third-order valence-electron chi connectivity index (χ3n) is 3.86. The van der Waals surface area contributed by atoms with Crippen LogP contribution in [0.4, 0.5) is 5.69 Å². The lowest BCUT2D eigenvalue weighted by Crippen LogP contribution is -2.36. The van der Waals surface area contributed by atoms with Crippen molar-refractivity contribution in [3.05, 3.63) is 54.2 Å². The lowest BCUT2D eigenvalue weighted by atomic mass is 10.2. The van der Waals surface area contributed by atoms with Crippen molar-refractivity contribution in [1.82, 2.24) is 9.78 Å². The predicted octanol–water partition coefficient (Wildman–Crippen LogP) is 2.40. The summed E-state index contributed by atoms with van der Waals surface area (Å²) in [6.07, 6.45) is 2.02. The fourth-order valence-corrected chi connectivity index (χ4v) is 2.57. The second-order valence-electron chi connectivity index (χ2n) is 5.78. The molecule has 1 amide bonds. The molecule has 0 bridgehead atoms. The average molecular weight is 361 g/mol. The van der Waals surface area contributed by atoms with Gasteiger partial charge >= 0.3 is 0 Å². The minimum atomic E-state index is -0.729. The highest BCUT2D eigenvalue weighted by atomic mass is 35.5. The summed E-state index contributed by atoms with van der Waals surface area (Å²) in [4.78, 5) is 12.0. The summed E-state index contributed by atoms with van der Waals surface area (Å²) in [7, 11) is 0. The van der Waals surface area contributed by atoms with Crippen molar-refractivity contribution in [2.75, 3.05) is 11.9 Å². The van der Waals surface area contributed by atoms with E-state index in [2.05, 4.69) is 16.5 Å². The van der Waals surface area contributed by atoms with Crippen molar-refractivity contribution in [2.24, 2.45) is 5.73 Å². The van der Waals surface area contributed by atoms with Crippen LogP contribution in [0, 0.1) is 6.92 Å². The van der Waals surface area contributed by atoms with Crippen LogP contribution in [0.1, 0.15) is 12.0 Å². The fraction of sp³-hybridized carbons (Fsp3) is 0.222. The van der Waals surface area contributed by atoms with Gasteiger partial charge in [-0.25, -0.2) is 4.68 Å². The van der Waals surface area contributed by atoms with Crippen LogP contribution in [-0.2, 0) is 4.79 Å². The quantitative estimate of drug-likeness (QED) is 0.651. The molecule has 0 fully saturated rings. The Morgan fingerprint density at radius 2 is 2.12 bits per heavy atom. The molecule has 0 saturated heterocycles. The molecule has 1 aromatic heterocycles. The van der Waals surface area contributed by atoms with Gasteiger partial charge in [-0.15, -0.1) is 12.4 Å². The molecule has 0 unspecified atom stereocenters. The number of nitrogens with two attached hydrogens (primary N) is 1. The van der Waals surface area contributed by atoms with Crippen LogP contribution in [-0.4, -0.2) is 33.4 Å². The van der Waals surface area contributed by atoms with Crippen molar-refractivity contribution in [3.63, 3.8) is 0 Å². The summed E-state index contributed by atoms with van der Waals surface area (Å²) in [5.41, 5.74) is 9.37. The number of hydrogen-bond donors (Lipinski definition) is 3. The van der Waals surface area contributed by atoms with Crippen LogP contribution >= 0.6 is 12.4 Å². The van der Waals surface area contributed by atoms with Gasteiger partial charge in [0.05, 0.1) is 23.4 Å². The SMILES string of the molecule is Cc1cccc(-n2ncc3ccc(NC(=O)[C@@H](N)CCO)cc32)c1.Cl. The number of aromatic nitrogens is 2. The van der Waals surface area contributed by atoms with E-state index >= 15 is 0 Å². The van der Waals surface area contributed by atoms with Gasteiger partial charge in [0.15, 0.2) is 0 Å². The number of fused-ring (bicyclic) bond motifs is 1. The molecule has 0 aliphatic heterocycles. The highest BCUT2D eigenvalue weighted by molar-refractivity contribution is 5.96. The number of nitrogens with one attached hydrogen (secondary N) is 1. The number of aliphatic hydroxyl groups excluding tert-OH is 1. The molecule has 25 heavy (non-hydrogen) atoms. The minimum absolute atomic E-state index is 0. The Bertz CT molecular complexity index is 878. The van der Waals surface area contributed by atoms with Gasteiger partial charge in [-0.3, -0.25) is 4.79 Å². The highest BCUT2D eigenvalue weighted by Gasteiger charge is 2.13. The summed E-state index contributed by atoms with van der Waals surface area (Å²) in [6, 6.07) is 12.9. The molecule has 3 aromatic rings. The van der Waals surface area contributed by atoms with Crippen LogP contribution in [0.5, 0.6) is 0 Å². The fourth-order valence-electron chi connectivity index (χ4n) is 2.57. The van der Waals surface area contributed by atoms with Crippen LogP contribution < -0.4 is 11.1 Å². The lowest BCUT2D eigenvalue weighted by molar-refractivity contribution is -0.117. The second-order valence-corrected chi connectivity index (χ2v) is 5.78. The van der Waals surface area contributed by atoms with E-state index in [0.717, 1.165) is 22.2 Å². The van der Waals surface area contributed by atoms with E-state index in [4.69, 9.17) is 10.8 Å². The third-order valence-corrected chi connectivity index (χ3v) is 3.86. The van der Waals surface area contributed by atoms with Crippen LogP contribution in [0.3, 0.4) is 0 Å². The van der Waals surface area contributed by atoms with Gasteiger partial charge in [0.2, 0.25) is 5.91 Å². The molecular formula is C18H21ClN4O2. The molecule has 0 aliphatic rings. The predicted molar refractivity (Wildman–Crippen MR) is 101 cm³/mol. The topological polar surface area (TPSA) is 93.2 Å². The summed E-state index contributed by atoms with van der Waals surface area (Å²) in [5, 5.41) is 17.1. The number of carbonyl (C=O) groups excluding carboxylic acids is 1. The van der Waals surface area contributed by atoms with Crippen LogP contribution in [0.2, 0.25) is 0 Å². The Hall–Kier alpha value is -2.41. The van der Waals surface area contributed by atoms with Crippen molar-refractivity contribution >= 4 is 34.9 Å². The monoisotopic (exact) mass is 360 g/mol. The maximum Gasteiger partial charge on any atom is 0.241 e. The summed E-state index contributed by atoms with van der Waals surface area (Å²) in [6.45, 7) is 1.91. The first-order valence-corrected chi connectivity index (χ1v) is 7.80. The number of halogens is 1. The zero-order valence-electron chi connectivity index (χ0n) is 13.8. The Morgan fingerprint density at radius 1 is 1.32 bits per heavy atom. The second kappa shape index (κ2) is 8.11. The number of rotatable bonds is 5. The van der Waals surface area contributed by atoms with E-state index in [9.17, 15) is 4.79 Å². The number of anilines is 1. The molecule has 1 heterocycles. The molecule has 4 N–H and O–H groups in total. The van der Waals surface area contributed by atoms with E-state index < -0.39 is 6.04 Å². The molecule has 0 aliphatic carbocycles. The van der Waals surface area contributed by atoms with Gasteiger partial charge in [-0.1, -0.05) is 12.1 Å².